The standard InChI is InChI=1S/C24H27FN2O2/c1-16-3-2-4-19(13-16)22-12-9-20(23(28)26-14-17-5-6-17)15-27(22)24(29)18-7-10-21(25)11-8-18/h2-4,7-8,10-11,13,17,20,22H,5-6,9,12,14-15H2,1H3,(H,26,28)/t20-,22+/m0/s1. The smallest absolute Gasteiger partial charge is 0.254 e. The zero-order valence-corrected chi connectivity index (χ0v) is 16.7. The zero-order valence-electron chi connectivity index (χ0n) is 16.7. The van der Waals surface area contributed by atoms with Crippen LogP contribution in [0.25, 0.3) is 0 Å². The third-order valence-electron chi connectivity index (χ3n) is 5.99. The summed E-state index contributed by atoms with van der Waals surface area (Å²) in [6.07, 6.45) is 3.87. The molecule has 0 bridgehead atoms. The van der Waals surface area contributed by atoms with Gasteiger partial charge in [-0.1, -0.05) is 29.8 Å². The van der Waals surface area contributed by atoms with Gasteiger partial charge in [-0.25, -0.2) is 4.39 Å². The van der Waals surface area contributed by atoms with Crippen LogP contribution >= 0.6 is 0 Å². The molecule has 5 heteroatoms. The second kappa shape index (κ2) is 8.36. The highest BCUT2D eigenvalue weighted by atomic mass is 19.1. The lowest BCUT2D eigenvalue weighted by Gasteiger charge is -2.39. The van der Waals surface area contributed by atoms with E-state index in [0.717, 1.165) is 30.5 Å². The van der Waals surface area contributed by atoms with Crippen LogP contribution in [0.3, 0.4) is 0 Å². The minimum absolute atomic E-state index is 0.0384. The molecule has 0 aromatic heterocycles. The van der Waals surface area contributed by atoms with Crippen LogP contribution < -0.4 is 5.32 Å². The van der Waals surface area contributed by atoms with Gasteiger partial charge in [-0.3, -0.25) is 9.59 Å². The van der Waals surface area contributed by atoms with E-state index in [1.54, 1.807) is 4.90 Å². The van der Waals surface area contributed by atoms with Crippen LogP contribution in [0.5, 0.6) is 0 Å². The van der Waals surface area contributed by atoms with Crippen molar-refractivity contribution in [1.29, 1.82) is 0 Å². The molecule has 0 radical (unpaired) electrons. The number of hydrogen-bond donors (Lipinski definition) is 1. The van der Waals surface area contributed by atoms with Gasteiger partial charge in [0.25, 0.3) is 5.91 Å². The first-order chi connectivity index (χ1) is 14.0. The highest BCUT2D eigenvalue weighted by Crippen LogP contribution is 2.35. The molecule has 1 saturated heterocycles. The van der Waals surface area contributed by atoms with E-state index in [-0.39, 0.29) is 29.6 Å². The first-order valence-corrected chi connectivity index (χ1v) is 10.4. The van der Waals surface area contributed by atoms with Gasteiger partial charge in [-0.2, -0.15) is 0 Å². The van der Waals surface area contributed by atoms with Crippen LogP contribution in [-0.2, 0) is 4.79 Å². The Balaban J connectivity index is 1.56. The fraction of sp³-hybridized carbons (Fsp3) is 0.417. The van der Waals surface area contributed by atoms with Gasteiger partial charge in [0.05, 0.1) is 12.0 Å². The second-order valence-electron chi connectivity index (χ2n) is 8.36. The minimum Gasteiger partial charge on any atom is -0.356 e. The van der Waals surface area contributed by atoms with E-state index >= 15 is 0 Å². The highest BCUT2D eigenvalue weighted by Gasteiger charge is 2.36. The Hall–Kier alpha value is -2.69. The number of nitrogens with zero attached hydrogens (tertiary/aromatic N) is 1. The first-order valence-electron chi connectivity index (χ1n) is 10.4. The summed E-state index contributed by atoms with van der Waals surface area (Å²) < 4.78 is 13.3. The molecular weight excluding hydrogens is 367 g/mol. The number of rotatable bonds is 5. The van der Waals surface area contributed by atoms with Crippen molar-refractivity contribution in [3.63, 3.8) is 0 Å². The summed E-state index contributed by atoms with van der Waals surface area (Å²) in [6.45, 7) is 3.15. The van der Waals surface area contributed by atoms with Crippen molar-refractivity contribution < 1.29 is 14.0 Å². The molecule has 2 aromatic rings. The number of benzene rings is 2. The van der Waals surface area contributed by atoms with Crippen molar-refractivity contribution in [2.45, 2.75) is 38.6 Å². The van der Waals surface area contributed by atoms with Gasteiger partial charge in [0, 0.05) is 18.7 Å². The summed E-state index contributed by atoms with van der Waals surface area (Å²) in [6, 6.07) is 13.7. The minimum atomic E-state index is -0.368. The van der Waals surface area contributed by atoms with Crippen LogP contribution in [-0.4, -0.2) is 29.8 Å². The van der Waals surface area contributed by atoms with E-state index in [2.05, 4.69) is 11.4 Å². The molecule has 4 rings (SSSR count). The van der Waals surface area contributed by atoms with Crippen LogP contribution in [0.2, 0.25) is 0 Å². The average Bonchev–Trinajstić information content (AvgIpc) is 3.56. The number of likely N-dealkylation sites (tertiary alicyclic amines) is 1. The Bertz CT molecular complexity index is 892. The molecule has 4 nitrogen and oxygen atoms in total. The summed E-state index contributed by atoms with van der Waals surface area (Å²) in [4.78, 5) is 27.8. The lowest BCUT2D eigenvalue weighted by atomic mass is 9.87. The van der Waals surface area contributed by atoms with Crippen LogP contribution in [0, 0.1) is 24.6 Å². The molecule has 2 fully saturated rings. The number of carbonyl (C=O) groups excluding carboxylic acids is 2. The van der Waals surface area contributed by atoms with E-state index < -0.39 is 0 Å². The van der Waals surface area contributed by atoms with Crippen molar-refractivity contribution in [1.82, 2.24) is 10.2 Å². The molecule has 2 aliphatic rings. The molecule has 1 aliphatic heterocycles. The molecule has 1 heterocycles. The number of hydrogen-bond acceptors (Lipinski definition) is 2. The van der Waals surface area contributed by atoms with Crippen molar-refractivity contribution >= 4 is 11.8 Å². The molecular formula is C24H27FN2O2. The summed E-state index contributed by atoms with van der Waals surface area (Å²) in [5.41, 5.74) is 2.67. The maximum atomic E-state index is 13.3. The Kier molecular flexibility index (Phi) is 5.65. The van der Waals surface area contributed by atoms with Crippen molar-refractivity contribution in [3.8, 4) is 0 Å². The Morgan fingerprint density at radius 2 is 1.83 bits per heavy atom. The average molecular weight is 394 g/mol. The van der Waals surface area contributed by atoms with Gasteiger partial charge < -0.3 is 10.2 Å². The number of halogens is 1. The molecule has 1 aliphatic carbocycles. The molecule has 0 unspecified atom stereocenters. The van der Waals surface area contributed by atoms with Gasteiger partial charge in [0.1, 0.15) is 5.82 Å². The Labute approximate surface area is 171 Å². The number of nitrogens with one attached hydrogen (secondary N) is 1. The number of amides is 2. The number of carbonyl (C=O) groups is 2. The fourth-order valence-electron chi connectivity index (χ4n) is 4.10. The summed E-state index contributed by atoms with van der Waals surface area (Å²) >= 11 is 0. The second-order valence-corrected chi connectivity index (χ2v) is 8.36. The monoisotopic (exact) mass is 394 g/mol. The van der Waals surface area contributed by atoms with E-state index in [1.165, 1.54) is 37.1 Å². The molecule has 152 valence electrons. The lowest BCUT2D eigenvalue weighted by molar-refractivity contribution is -0.126. The largest absolute Gasteiger partial charge is 0.356 e. The maximum absolute atomic E-state index is 13.3. The molecule has 2 aromatic carbocycles. The molecule has 2 amide bonds. The van der Waals surface area contributed by atoms with Gasteiger partial charge in [0.2, 0.25) is 5.91 Å². The third kappa shape index (κ3) is 4.66. The normalized spacial score (nSPS) is 21.7. The van der Waals surface area contributed by atoms with Gasteiger partial charge in [-0.05, 0) is 68.4 Å². The Morgan fingerprint density at radius 1 is 1.07 bits per heavy atom. The van der Waals surface area contributed by atoms with E-state index in [1.807, 2.05) is 25.1 Å². The van der Waals surface area contributed by atoms with E-state index in [0.29, 0.717) is 18.0 Å². The Morgan fingerprint density at radius 3 is 2.52 bits per heavy atom. The fourth-order valence-corrected chi connectivity index (χ4v) is 4.10. The van der Waals surface area contributed by atoms with E-state index in [4.69, 9.17) is 0 Å². The molecule has 0 spiro atoms. The predicted molar refractivity (Wildman–Crippen MR) is 110 cm³/mol. The molecule has 2 atom stereocenters. The first kappa shape index (κ1) is 19.6. The van der Waals surface area contributed by atoms with Crippen LogP contribution in [0.15, 0.2) is 48.5 Å². The highest BCUT2D eigenvalue weighted by molar-refractivity contribution is 5.95. The molecule has 29 heavy (non-hydrogen) atoms. The quantitative estimate of drug-likeness (QED) is 0.824. The van der Waals surface area contributed by atoms with Gasteiger partial charge in [-0.15, -0.1) is 0 Å². The van der Waals surface area contributed by atoms with Crippen molar-refractivity contribution in [2.75, 3.05) is 13.1 Å². The maximum Gasteiger partial charge on any atom is 0.254 e. The summed E-state index contributed by atoms with van der Waals surface area (Å²) in [5.74, 6) is -0.0702. The van der Waals surface area contributed by atoms with Gasteiger partial charge >= 0.3 is 0 Å². The zero-order chi connectivity index (χ0) is 20.4. The lowest BCUT2D eigenvalue weighted by Crippen LogP contribution is -2.47. The van der Waals surface area contributed by atoms with E-state index in [9.17, 15) is 14.0 Å². The third-order valence-corrected chi connectivity index (χ3v) is 5.99. The SMILES string of the molecule is Cc1cccc([C@H]2CC[C@H](C(=O)NCC3CC3)CN2C(=O)c2ccc(F)cc2)c1. The summed E-state index contributed by atoms with van der Waals surface area (Å²) in [5, 5.41) is 3.06. The number of aryl methyl sites for hydroxylation is 1. The molecule has 1 saturated carbocycles. The van der Waals surface area contributed by atoms with Crippen LogP contribution in [0.1, 0.15) is 53.2 Å². The van der Waals surface area contributed by atoms with Crippen LogP contribution in [0.4, 0.5) is 4.39 Å². The number of piperidine rings is 1. The van der Waals surface area contributed by atoms with Crippen molar-refractivity contribution in [3.05, 3.63) is 71.0 Å². The molecule has 1 N–H and O–H groups in total. The van der Waals surface area contributed by atoms with Crippen molar-refractivity contribution in [2.24, 2.45) is 11.8 Å². The predicted octanol–water partition coefficient (Wildman–Crippen LogP) is 4.25. The van der Waals surface area contributed by atoms with Gasteiger partial charge in [0.15, 0.2) is 0 Å². The topological polar surface area (TPSA) is 49.4 Å². The summed E-state index contributed by atoms with van der Waals surface area (Å²) in [7, 11) is 0.